The molecule has 0 aliphatic rings. The predicted molar refractivity (Wildman–Crippen MR) is 127 cm³/mol. The van der Waals surface area contributed by atoms with Crippen molar-refractivity contribution in [3.05, 3.63) is 77.3 Å². The number of fused-ring (bicyclic) bond motifs is 1. The highest BCUT2D eigenvalue weighted by atomic mass is 35.5. The molecule has 1 aromatic heterocycles. The number of nitrogens with zero attached hydrogens (tertiary/aromatic N) is 2. The van der Waals surface area contributed by atoms with Crippen LogP contribution in [0.3, 0.4) is 0 Å². The first-order chi connectivity index (χ1) is 15.1. The van der Waals surface area contributed by atoms with Gasteiger partial charge in [-0.1, -0.05) is 83.2 Å². The molecule has 0 bridgehead atoms. The zero-order chi connectivity index (χ0) is 21.6. The van der Waals surface area contributed by atoms with Crippen molar-refractivity contribution in [1.82, 2.24) is 10.2 Å². The highest BCUT2D eigenvalue weighted by Crippen LogP contribution is 2.26. The van der Waals surface area contributed by atoms with Crippen molar-refractivity contribution in [1.29, 1.82) is 0 Å². The van der Waals surface area contributed by atoms with Crippen molar-refractivity contribution in [3.63, 3.8) is 0 Å². The summed E-state index contributed by atoms with van der Waals surface area (Å²) in [7, 11) is 0. The van der Waals surface area contributed by atoms with Gasteiger partial charge >= 0.3 is 0 Å². The van der Waals surface area contributed by atoms with Crippen molar-refractivity contribution in [2.24, 2.45) is 0 Å². The van der Waals surface area contributed by atoms with E-state index in [9.17, 15) is 9.59 Å². The standard InChI is InChI=1S/C22H17ClN4O2S2/c23-16-8-4-9-17(12-16)24-20(29)13-30-22-27-26-21(31-22)25-19(28)11-15-7-3-6-14-5-1-2-10-18(14)15/h1-10,12H,11,13H2,(H,24,29)(H,25,26,28). The molecule has 0 spiro atoms. The van der Waals surface area contributed by atoms with E-state index in [1.165, 1.54) is 23.1 Å². The van der Waals surface area contributed by atoms with Gasteiger partial charge in [0, 0.05) is 10.7 Å². The fourth-order valence-electron chi connectivity index (χ4n) is 2.99. The van der Waals surface area contributed by atoms with Crippen molar-refractivity contribution in [3.8, 4) is 0 Å². The molecule has 0 aliphatic carbocycles. The van der Waals surface area contributed by atoms with E-state index in [0.717, 1.165) is 16.3 Å². The van der Waals surface area contributed by atoms with Gasteiger partial charge in [-0.3, -0.25) is 9.59 Å². The highest BCUT2D eigenvalue weighted by molar-refractivity contribution is 8.01. The molecule has 1 heterocycles. The molecule has 31 heavy (non-hydrogen) atoms. The molecule has 4 aromatic rings. The first-order valence-electron chi connectivity index (χ1n) is 9.35. The topological polar surface area (TPSA) is 84.0 Å². The van der Waals surface area contributed by atoms with Gasteiger partial charge in [0.15, 0.2) is 4.34 Å². The third-order valence-corrected chi connectivity index (χ3v) is 6.53. The van der Waals surface area contributed by atoms with Gasteiger partial charge in [0.2, 0.25) is 16.9 Å². The van der Waals surface area contributed by atoms with Gasteiger partial charge in [0.05, 0.1) is 12.2 Å². The number of thioether (sulfide) groups is 1. The number of carbonyl (C=O) groups excluding carboxylic acids is 2. The molecule has 0 saturated heterocycles. The molecule has 4 rings (SSSR count). The molecule has 3 aromatic carbocycles. The van der Waals surface area contributed by atoms with Crippen LogP contribution in [0.1, 0.15) is 5.56 Å². The Bertz CT molecular complexity index is 1240. The lowest BCUT2D eigenvalue weighted by atomic mass is 10.0. The van der Waals surface area contributed by atoms with Crippen molar-refractivity contribution in [2.75, 3.05) is 16.4 Å². The monoisotopic (exact) mass is 468 g/mol. The lowest BCUT2D eigenvalue weighted by Gasteiger charge is -2.06. The molecular formula is C22H17ClN4O2S2. The molecular weight excluding hydrogens is 452 g/mol. The van der Waals surface area contributed by atoms with Gasteiger partial charge < -0.3 is 10.6 Å². The van der Waals surface area contributed by atoms with E-state index in [4.69, 9.17) is 11.6 Å². The number of halogens is 1. The lowest BCUT2D eigenvalue weighted by molar-refractivity contribution is -0.115. The summed E-state index contributed by atoms with van der Waals surface area (Å²) < 4.78 is 0.599. The Morgan fingerprint density at radius 3 is 2.61 bits per heavy atom. The van der Waals surface area contributed by atoms with Gasteiger partial charge in [-0.05, 0) is 34.5 Å². The van der Waals surface area contributed by atoms with E-state index >= 15 is 0 Å². The van der Waals surface area contributed by atoms with Gasteiger partial charge in [-0.15, -0.1) is 10.2 Å². The average Bonchev–Trinajstić information content (AvgIpc) is 3.20. The molecule has 2 N–H and O–H groups in total. The maximum absolute atomic E-state index is 12.5. The van der Waals surface area contributed by atoms with Gasteiger partial charge in [-0.2, -0.15) is 0 Å². The molecule has 0 saturated carbocycles. The Kier molecular flexibility index (Phi) is 6.81. The number of benzene rings is 3. The minimum Gasteiger partial charge on any atom is -0.325 e. The molecule has 0 fully saturated rings. The normalized spacial score (nSPS) is 10.7. The van der Waals surface area contributed by atoms with Crippen LogP contribution in [-0.4, -0.2) is 27.8 Å². The Morgan fingerprint density at radius 2 is 1.74 bits per heavy atom. The molecule has 0 unspecified atom stereocenters. The average molecular weight is 469 g/mol. The first kappa shape index (κ1) is 21.3. The SMILES string of the molecule is O=C(CSc1nnc(NC(=O)Cc2cccc3ccccc23)s1)Nc1cccc(Cl)c1. The van der Waals surface area contributed by atoms with Crippen LogP contribution in [0, 0.1) is 0 Å². The summed E-state index contributed by atoms with van der Waals surface area (Å²) >= 11 is 8.41. The number of rotatable bonds is 7. The van der Waals surface area contributed by atoms with Gasteiger partial charge in [0.1, 0.15) is 0 Å². The fraction of sp³-hybridized carbons (Fsp3) is 0.0909. The summed E-state index contributed by atoms with van der Waals surface area (Å²) in [4.78, 5) is 24.6. The number of anilines is 2. The number of nitrogens with one attached hydrogen (secondary N) is 2. The molecule has 156 valence electrons. The van der Waals surface area contributed by atoms with Crippen molar-refractivity contribution in [2.45, 2.75) is 10.8 Å². The third kappa shape index (κ3) is 5.81. The van der Waals surface area contributed by atoms with E-state index in [2.05, 4.69) is 20.8 Å². The Morgan fingerprint density at radius 1 is 0.935 bits per heavy atom. The second kappa shape index (κ2) is 9.91. The van der Waals surface area contributed by atoms with Crippen LogP contribution in [-0.2, 0) is 16.0 Å². The third-order valence-electron chi connectivity index (χ3n) is 4.32. The molecule has 9 heteroatoms. The van der Waals surface area contributed by atoms with Crippen molar-refractivity contribution < 1.29 is 9.59 Å². The number of hydrogen-bond acceptors (Lipinski definition) is 6. The molecule has 6 nitrogen and oxygen atoms in total. The van der Waals surface area contributed by atoms with Crippen LogP contribution in [0.4, 0.5) is 10.8 Å². The van der Waals surface area contributed by atoms with Crippen LogP contribution in [0.15, 0.2) is 71.1 Å². The Hall–Kier alpha value is -2.94. The molecule has 0 aliphatic heterocycles. The summed E-state index contributed by atoms with van der Waals surface area (Å²) in [6.07, 6.45) is 0.242. The van der Waals surface area contributed by atoms with Gasteiger partial charge in [-0.25, -0.2) is 0 Å². The quantitative estimate of drug-likeness (QED) is 0.285. The van der Waals surface area contributed by atoms with Crippen LogP contribution in [0.5, 0.6) is 0 Å². The van der Waals surface area contributed by atoms with E-state index in [1.54, 1.807) is 24.3 Å². The number of carbonyl (C=O) groups is 2. The second-order valence-electron chi connectivity index (χ2n) is 6.58. The Balaban J connectivity index is 1.30. The molecule has 0 atom stereocenters. The maximum Gasteiger partial charge on any atom is 0.234 e. The van der Waals surface area contributed by atoms with Crippen LogP contribution < -0.4 is 10.6 Å². The summed E-state index contributed by atoms with van der Waals surface area (Å²) in [5, 5.41) is 16.7. The minimum atomic E-state index is -0.177. The van der Waals surface area contributed by atoms with E-state index in [1.807, 2.05) is 42.5 Å². The largest absolute Gasteiger partial charge is 0.325 e. The summed E-state index contributed by atoms with van der Waals surface area (Å²) in [6.45, 7) is 0. The first-order valence-corrected chi connectivity index (χ1v) is 11.5. The molecule has 0 radical (unpaired) electrons. The Labute approximate surface area is 192 Å². The van der Waals surface area contributed by atoms with Crippen LogP contribution in [0.25, 0.3) is 10.8 Å². The zero-order valence-electron chi connectivity index (χ0n) is 16.2. The highest BCUT2D eigenvalue weighted by Gasteiger charge is 2.12. The van der Waals surface area contributed by atoms with Crippen LogP contribution in [0.2, 0.25) is 5.02 Å². The fourth-order valence-corrected chi connectivity index (χ4v) is 4.75. The summed E-state index contributed by atoms with van der Waals surface area (Å²) in [6, 6.07) is 20.8. The number of amides is 2. The van der Waals surface area contributed by atoms with Crippen molar-refractivity contribution >= 4 is 68.1 Å². The maximum atomic E-state index is 12.5. The molecule has 2 amide bonds. The van der Waals surface area contributed by atoms with E-state index in [0.29, 0.717) is 20.2 Å². The second-order valence-corrected chi connectivity index (χ2v) is 9.22. The minimum absolute atomic E-state index is 0.164. The summed E-state index contributed by atoms with van der Waals surface area (Å²) in [5.74, 6) is -0.169. The number of hydrogen-bond donors (Lipinski definition) is 2. The predicted octanol–water partition coefficient (Wildman–Crippen LogP) is 5.26. The zero-order valence-corrected chi connectivity index (χ0v) is 18.6. The van der Waals surface area contributed by atoms with Gasteiger partial charge in [0.25, 0.3) is 0 Å². The number of aromatic nitrogens is 2. The summed E-state index contributed by atoms with van der Waals surface area (Å²) in [5.41, 5.74) is 1.59. The smallest absolute Gasteiger partial charge is 0.234 e. The van der Waals surface area contributed by atoms with E-state index < -0.39 is 0 Å². The van der Waals surface area contributed by atoms with E-state index in [-0.39, 0.29) is 24.0 Å². The lowest BCUT2D eigenvalue weighted by Crippen LogP contribution is -2.14. The van der Waals surface area contributed by atoms with Crippen LogP contribution >= 0.6 is 34.7 Å².